The molecule has 0 spiro atoms. The fourth-order valence-electron chi connectivity index (χ4n) is 4.79. The molecule has 9 nitrogen and oxygen atoms in total. The summed E-state index contributed by atoms with van der Waals surface area (Å²) >= 11 is 0. The molecule has 1 saturated carbocycles. The van der Waals surface area contributed by atoms with Crippen molar-refractivity contribution in [3.8, 4) is 28.6 Å². The lowest BCUT2D eigenvalue weighted by atomic mass is 9.95. The summed E-state index contributed by atoms with van der Waals surface area (Å²) in [5.74, 6) is -4.36. The molecule has 0 atom stereocenters. The van der Waals surface area contributed by atoms with Gasteiger partial charge in [0.1, 0.15) is 11.4 Å². The third kappa shape index (κ3) is 5.62. The first-order chi connectivity index (χ1) is 19.5. The van der Waals surface area contributed by atoms with E-state index >= 15 is 4.39 Å². The fourth-order valence-corrected chi connectivity index (χ4v) is 4.79. The molecule has 1 fully saturated rings. The van der Waals surface area contributed by atoms with Crippen LogP contribution in [0.2, 0.25) is 0 Å². The van der Waals surface area contributed by atoms with E-state index in [4.69, 9.17) is 16.2 Å². The number of nitrogens with two attached hydrogens (primary N) is 2. The van der Waals surface area contributed by atoms with Gasteiger partial charge in [-0.2, -0.15) is 18.3 Å². The minimum atomic E-state index is -5.19. The van der Waals surface area contributed by atoms with E-state index in [2.05, 4.69) is 20.4 Å². The van der Waals surface area contributed by atoms with Crippen LogP contribution in [0.15, 0.2) is 48.8 Å². The summed E-state index contributed by atoms with van der Waals surface area (Å²) in [5.41, 5.74) is 8.18. The van der Waals surface area contributed by atoms with E-state index in [1.807, 2.05) is 0 Å². The summed E-state index contributed by atoms with van der Waals surface area (Å²) < 4.78 is 78.0. The number of aromatic nitrogens is 4. The van der Waals surface area contributed by atoms with Crippen LogP contribution in [0.4, 0.5) is 33.5 Å². The average Bonchev–Trinajstić information content (AvgIpc) is 3.34. The van der Waals surface area contributed by atoms with Crippen molar-refractivity contribution in [1.82, 2.24) is 19.7 Å². The average molecular weight is 574 g/mol. The zero-order valence-electron chi connectivity index (χ0n) is 21.4. The molecule has 0 aliphatic heterocycles. The summed E-state index contributed by atoms with van der Waals surface area (Å²) in [6, 6.07) is 6.88. The molecular weight excluding hydrogens is 549 g/mol. The van der Waals surface area contributed by atoms with Crippen molar-refractivity contribution in [2.24, 2.45) is 5.73 Å². The van der Waals surface area contributed by atoms with Gasteiger partial charge >= 0.3 is 6.18 Å². The van der Waals surface area contributed by atoms with Crippen molar-refractivity contribution in [2.75, 3.05) is 11.1 Å². The Bertz CT molecular complexity index is 1600. The van der Waals surface area contributed by atoms with Crippen LogP contribution in [0.1, 0.15) is 48.2 Å². The van der Waals surface area contributed by atoms with E-state index in [0.29, 0.717) is 5.69 Å². The van der Waals surface area contributed by atoms with E-state index in [9.17, 15) is 22.4 Å². The maximum Gasteiger partial charge on any atom is 0.434 e. The molecule has 0 saturated heterocycles. The predicted molar refractivity (Wildman–Crippen MR) is 139 cm³/mol. The van der Waals surface area contributed by atoms with Gasteiger partial charge in [0, 0.05) is 30.1 Å². The predicted octanol–water partition coefficient (Wildman–Crippen LogP) is 5.84. The molecule has 41 heavy (non-hydrogen) atoms. The van der Waals surface area contributed by atoms with Crippen LogP contribution in [-0.2, 0) is 6.18 Å². The molecule has 1 aromatic carbocycles. The van der Waals surface area contributed by atoms with Crippen molar-refractivity contribution in [1.29, 1.82) is 0 Å². The zero-order valence-corrected chi connectivity index (χ0v) is 21.4. The normalized spacial score (nSPS) is 14.2. The third-order valence-electron chi connectivity index (χ3n) is 6.66. The third-order valence-corrected chi connectivity index (χ3v) is 6.66. The minimum absolute atomic E-state index is 0.135. The number of hydrogen-bond donors (Lipinski definition) is 3. The Kier molecular flexibility index (Phi) is 7.47. The van der Waals surface area contributed by atoms with Gasteiger partial charge in [0.15, 0.2) is 40.5 Å². The first-order valence-electron chi connectivity index (χ1n) is 12.6. The van der Waals surface area contributed by atoms with E-state index in [1.165, 1.54) is 24.4 Å². The Morgan fingerprint density at radius 2 is 1.76 bits per heavy atom. The second-order valence-corrected chi connectivity index (χ2v) is 9.45. The Hall–Kier alpha value is -4.75. The van der Waals surface area contributed by atoms with Gasteiger partial charge in [0.25, 0.3) is 5.91 Å². The number of pyridine rings is 2. The highest BCUT2D eigenvalue weighted by atomic mass is 19.4. The molecule has 0 bridgehead atoms. The summed E-state index contributed by atoms with van der Waals surface area (Å²) in [7, 11) is 0. The zero-order chi connectivity index (χ0) is 29.3. The molecule has 214 valence electrons. The van der Waals surface area contributed by atoms with Crippen LogP contribution in [0, 0.1) is 11.6 Å². The highest BCUT2D eigenvalue weighted by Gasteiger charge is 2.43. The van der Waals surface area contributed by atoms with Gasteiger partial charge in [-0.05, 0) is 43.2 Å². The fraction of sp³-hybridized carbons (Fsp3) is 0.259. The second-order valence-electron chi connectivity index (χ2n) is 9.45. The summed E-state index contributed by atoms with van der Waals surface area (Å²) in [4.78, 5) is 19.9. The molecular formula is C27H24F5N7O2. The van der Waals surface area contributed by atoms with Crippen LogP contribution in [0.25, 0.3) is 17.1 Å². The van der Waals surface area contributed by atoms with Gasteiger partial charge in [-0.15, -0.1) is 0 Å². The molecule has 3 heterocycles. The number of amides is 1. The lowest BCUT2D eigenvalue weighted by molar-refractivity contribution is -0.143. The monoisotopic (exact) mass is 573 g/mol. The molecule has 1 amide bonds. The molecule has 5 rings (SSSR count). The maximum absolute atomic E-state index is 15.3. The number of carbonyl (C=O) groups is 1. The quantitative estimate of drug-likeness (QED) is 0.236. The van der Waals surface area contributed by atoms with Crippen LogP contribution in [0.3, 0.4) is 0 Å². The van der Waals surface area contributed by atoms with Crippen molar-refractivity contribution < 1.29 is 31.5 Å². The number of nitrogen functional groups attached to an aromatic ring is 1. The topological polar surface area (TPSA) is 134 Å². The number of nitrogens with zero attached hydrogens (tertiary/aromatic N) is 4. The number of anilines is 2. The minimum Gasteiger partial charge on any atom is -0.452 e. The standard InChI is InChI=1S/C27H24F5N7O2/c28-16-7-4-11-36-26(16)39-23(27(30,31)32)20(25(34)40)21(38-39)14-8-9-18(17(29)13-14)41-19-10-12-35-24(33)22(19)37-15-5-2-1-3-6-15/h4,7-13,15,37H,1-3,5-6H2,(H2,33,35)(H2,34,40). The van der Waals surface area contributed by atoms with E-state index < -0.39 is 46.5 Å². The Balaban J connectivity index is 1.54. The number of nitrogens with one attached hydrogen (secondary N) is 1. The largest absolute Gasteiger partial charge is 0.452 e. The van der Waals surface area contributed by atoms with Gasteiger partial charge in [-0.1, -0.05) is 19.3 Å². The smallest absolute Gasteiger partial charge is 0.434 e. The van der Waals surface area contributed by atoms with Crippen molar-refractivity contribution >= 4 is 17.4 Å². The lowest BCUT2D eigenvalue weighted by Gasteiger charge is -2.25. The van der Waals surface area contributed by atoms with Gasteiger partial charge in [0.05, 0.1) is 5.56 Å². The Labute approximate surface area is 230 Å². The van der Waals surface area contributed by atoms with E-state index in [0.717, 1.165) is 56.5 Å². The van der Waals surface area contributed by atoms with Gasteiger partial charge in [-0.25, -0.2) is 23.4 Å². The van der Waals surface area contributed by atoms with Gasteiger partial charge in [-0.3, -0.25) is 4.79 Å². The molecule has 3 aromatic heterocycles. The molecule has 14 heteroatoms. The number of rotatable bonds is 7. The first kappa shape index (κ1) is 27.8. The molecule has 0 radical (unpaired) electrons. The summed E-state index contributed by atoms with van der Waals surface area (Å²) in [5, 5.41) is 7.11. The highest BCUT2D eigenvalue weighted by molar-refractivity contribution is 6.00. The first-order valence-corrected chi connectivity index (χ1v) is 12.6. The van der Waals surface area contributed by atoms with Crippen LogP contribution < -0.4 is 21.5 Å². The summed E-state index contributed by atoms with van der Waals surface area (Å²) in [6.07, 6.45) is 2.35. The number of hydrogen-bond acceptors (Lipinski definition) is 7. The van der Waals surface area contributed by atoms with E-state index in [-0.39, 0.29) is 33.6 Å². The molecule has 1 aliphatic carbocycles. The number of ether oxygens (including phenoxy) is 1. The second kappa shape index (κ2) is 11.0. The molecule has 5 N–H and O–H groups in total. The van der Waals surface area contributed by atoms with Crippen molar-refractivity contribution in [3.05, 3.63) is 71.7 Å². The van der Waals surface area contributed by atoms with Crippen LogP contribution in [-0.4, -0.2) is 31.7 Å². The molecule has 4 aromatic rings. The highest BCUT2D eigenvalue weighted by Crippen LogP contribution is 2.40. The number of carbonyl (C=O) groups excluding carboxylic acids is 1. The summed E-state index contributed by atoms with van der Waals surface area (Å²) in [6.45, 7) is 0. The van der Waals surface area contributed by atoms with E-state index in [1.54, 1.807) is 0 Å². The van der Waals surface area contributed by atoms with Crippen molar-refractivity contribution in [3.63, 3.8) is 0 Å². The lowest BCUT2D eigenvalue weighted by Crippen LogP contribution is -2.23. The number of alkyl halides is 3. The number of primary amides is 1. The Morgan fingerprint density at radius 3 is 2.41 bits per heavy atom. The SMILES string of the molecule is NC(=O)c1c(-c2ccc(Oc3ccnc(N)c3NC3CCCCC3)c(F)c2)nn(-c2ncccc2F)c1C(F)(F)F. The van der Waals surface area contributed by atoms with Crippen molar-refractivity contribution in [2.45, 2.75) is 44.3 Å². The van der Waals surface area contributed by atoms with Crippen LogP contribution in [0.5, 0.6) is 11.5 Å². The van der Waals surface area contributed by atoms with Gasteiger partial charge < -0.3 is 21.5 Å². The van der Waals surface area contributed by atoms with Gasteiger partial charge in [0.2, 0.25) is 0 Å². The molecule has 0 unspecified atom stereocenters. The number of benzene rings is 1. The number of halogens is 5. The van der Waals surface area contributed by atoms with Crippen LogP contribution >= 0.6 is 0 Å². The maximum atomic E-state index is 15.3. The Morgan fingerprint density at radius 1 is 1.00 bits per heavy atom. The molecule has 1 aliphatic rings.